The fourth-order valence-electron chi connectivity index (χ4n) is 2.81. The van der Waals surface area contributed by atoms with Crippen molar-refractivity contribution >= 4 is 24.0 Å². The summed E-state index contributed by atoms with van der Waals surface area (Å²) in [6.45, 7) is 8.52. The molecule has 168 valence electrons. The molecule has 0 fully saturated rings. The molecule has 0 saturated carbocycles. The van der Waals surface area contributed by atoms with Gasteiger partial charge in [0.05, 0.1) is 5.54 Å². The molecule has 7 nitrogen and oxygen atoms in total. The van der Waals surface area contributed by atoms with Crippen LogP contribution >= 0.6 is 0 Å². The van der Waals surface area contributed by atoms with E-state index in [1.807, 2.05) is 32.1 Å². The second-order valence-corrected chi connectivity index (χ2v) is 7.84. The first-order valence-electron chi connectivity index (χ1n) is 10.4. The van der Waals surface area contributed by atoms with Crippen LogP contribution in [0.5, 0.6) is 0 Å². The fraction of sp³-hybridized carbons (Fsp3) is 0.417. The van der Waals surface area contributed by atoms with E-state index < -0.39 is 29.4 Å². The van der Waals surface area contributed by atoms with Gasteiger partial charge in [-0.3, -0.25) is 14.4 Å². The lowest BCUT2D eigenvalue weighted by atomic mass is 10.0. The number of aldehydes is 1. The number of rotatable bonds is 11. The van der Waals surface area contributed by atoms with Gasteiger partial charge in [0.1, 0.15) is 18.4 Å². The largest absolute Gasteiger partial charge is 0.343 e. The molecule has 1 aromatic rings. The highest BCUT2D eigenvalue weighted by molar-refractivity contribution is 5.98. The third kappa shape index (κ3) is 8.99. The Hall–Kier alpha value is -3.22. The van der Waals surface area contributed by atoms with Gasteiger partial charge in [-0.15, -0.1) is 0 Å². The van der Waals surface area contributed by atoms with Crippen molar-refractivity contribution in [3.8, 4) is 0 Å². The number of carbonyl (C=O) groups is 4. The summed E-state index contributed by atoms with van der Waals surface area (Å²) in [5.74, 6) is -1.35. The Kier molecular flexibility index (Phi) is 10.4. The maximum atomic E-state index is 13.0. The third-order valence-corrected chi connectivity index (χ3v) is 4.44. The molecule has 1 rings (SSSR count). The van der Waals surface area contributed by atoms with Gasteiger partial charge < -0.3 is 20.7 Å². The molecule has 0 radical (unpaired) electrons. The zero-order valence-corrected chi connectivity index (χ0v) is 18.9. The van der Waals surface area contributed by atoms with Crippen LogP contribution < -0.4 is 16.0 Å². The van der Waals surface area contributed by atoms with Gasteiger partial charge in [-0.2, -0.15) is 0 Å². The summed E-state index contributed by atoms with van der Waals surface area (Å²) in [5, 5.41) is 7.98. The molecule has 2 atom stereocenters. The van der Waals surface area contributed by atoms with Gasteiger partial charge in [0.2, 0.25) is 11.8 Å². The normalized spacial score (nSPS) is 13.9. The Labute approximate surface area is 184 Å². The van der Waals surface area contributed by atoms with E-state index in [9.17, 15) is 19.2 Å². The first-order valence-corrected chi connectivity index (χ1v) is 10.4. The van der Waals surface area contributed by atoms with Crippen LogP contribution in [0.2, 0.25) is 0 Å². The predicted molar refractivity (Wildman–Crippen MR) is 121 cm³/mol. The minimum absolute atomic E-state index is 0.275. The second-order valence-electron chi connectivity index (χ2n) is 7.84. The molecule has 3 N–H and O–H groups in total. The Bertz CT molecular complexity index is 828. The molecule has 0 aromatic heterocycles. The lowest BCUT2D eigenvalue weighted by Gasteiger charge is -2.25. The minimum atomic E-state index is -1.04. The van der Waals surface area contributed by atoms with Crippen LogP contribution in [-0.2, 0) is 14.4 Å². The Balaban J connectivity index is 3.01. The molecule has 31 heavy (non-hydrogen) atoms. The summed E-state index contributed by atoms with van der Waals surface area (Å²) >= 11 is 0. The Morgan fingerprint density at radius 1 is 1.06 bits per heavy atom. The number of carbonyl (C=O) groups excluding carboxylic acids is 4. The van der Waals surface area contributed by atoms with Crippen LogP contribution in [0.3, 0.4) is 0 Å². The monoisotopic (exact) mass is 427 g/mol. The summed E-state index contributed by atoms with van der Waals surface area (Å²) in [4.78, 5) is 49.0. The first-order chi connectivity index (χ1) is 14.6. The molecule has 2 unspecified atom stereocenters. The first kappa shape index (κ1) is 25.8. The van der Waals surface area contributed by atoms with E-state index in [0.717, 1.165) is 12.0 Å². The highest BCUT2D eigenvalue weighted by atomic mass is 16.2. The van der Waals surface area contributed by atoms with Crippen LogP contribution in [0.4, 0.5) is 0 Å². The maximum Gasteiger partial charge on any atom is 0.251 e. The highest BCUT2D eigenvalue weighted by Crippen LogP contribution is 2.11. The molecule has 0 heterocycles. The van der Waals surface area contributed by atoms with Gasteiger partial charge in [0, 0.05) is 12.0 Å². The molecular formula is C24H33N3O4. The predicted octanol–water partition coefficient (Wildman–Crippen LogP) is 2.69. The number of nitrogens with one attached hydrogen (secondary N) is 3. The van der Waals surface area contributed by atoms with Gasteiger partial charge in [0.25, 0.3) is 5.91 Å². The molecule has 0 saturated heterocycles. The number of allylic oxidation sites excluding steroid dienone is 3. The van der Waals surface area contributed by atoms with Crippen molar-refractivity contribution in [1.29, 1.82) is 0 Å². The van der Waals surface area contributed by atoms with Crippen molar-refractivity contribution in [2.45, 2.75) is 65.1 Å². The van der Waals surface area contributed by atoms with Crippen molar-refractivity contribution in [2.24, 2.45) is 0 Å². The summed E-state index contributed by atoms with van der Waals surface area (Å²) in [7, 11) is 0. The van der Waals surface area contributed by atoms with E-state index in [-0.39, 0.29) is 12.3 Å². The zero-order chi connectivity index (χ0) is 23.4. The van der Waals surface area contributed by atoms with Crippen LogP contribution in [-0.4, -0.2) is 41.6 Å². The number of amides is 3. The minimum Gasteiger partial charge on any atom is -0.343 e. The molecule has 1 aromatic carbocycles. The standard InChI is InChI=1S/C24H33N3O4/c1-6-11-18(12-7-2)15-20(26-22(30)19-13-9-8-10-14-19)23(31)25-17(3)21(29)27-24(4,5)16-28/h6,8-14,16-17,20H,7,15H2,1-5H3,(H,25,31)(H,26,30)(H,27,29). The molecule has 0 spiro atoms. The van der Waals surface area contributed by atoms with Crippen LogP contribution in [0.1, 0.15) is 57.8 Å². The maximum absolute atomic E-state index is 13.0. The zero-order valence-electron chi connectivity index (χ0n) is 18.9. The second kappa shape index (κ2) is 12.5. The molecule has 0 aliphatic carbocycles. The van der Waals surface area contributed by atoms with E-state index in [1.54, 1.807) is 44.2 Å². The summed E-state index contributed by atoms with van der Waals surface area (Å²) in [6.07, 6.45) is 7.42. The number of hydrogen-bond donors (Lipinski definition) is 3. The van der Waals surface area contributed by atoms with Gasteiger partial charge in [-0.05, 0) is 51.8 Å². The van der Waals surface area contributed by atoms with E-state index >= 15 is 0 Å². The van der Waals surface area contributed by atoms with E-state index in [4.69, 9.17) is 0 Å². The average Bonchev–Trinajstić information content (AvgIpc) is 2.73. The van der Waals surface area contributed by atoms with E-state index in [1.165, 1.54) is 6.92 Å². The number of hydrogen-bond acceptors (Lipinski definition) is 4. The number of benzene rings is 1. The fourth-order valence-corrected chi connectivity index (χ4v) is 2.81. The SMILES string of the molecule is CC=CC(=CCC)CC(NC(=O)c1ccccc1)C(=O)NC(C)C(=O)NC(C)(C)C=O. The van der Waals surface area contributed by atoms with Gasteiger partial charge in [-0.25, -0.2) is 0 Å². The molecule has 7 heteroatoms. The van der Waals surface area contributed by atoms with Crippen molar-refractivity contribution in [1.82, 2.24) is 16.0 Å². The molecule has 3 amide bonds. The topological polar surface area (TPSA) is 104 Å². The smallest absolute Gasteiger partial charge is 0.251 e. The Morgan fingerprint density at radius 2 is 1.71 bits per heavy atom. The van der Waals surface area contributed by atoms with Gasteiger partial charge in [0.15, 0.2) is 0 Å². The van der Waals surface area contributed by atoms with Crippen molar-refractivity contribution in [2.75, 3.05) is 0 Å². The molecule has 0 aliphatic heterocycles. The molecule has 0 aliphatic rings. The highest BCUT2D eigenvalue weighted by Gasteiger charge is 2.27. The van der Waals surface area contributed by atoms with E-state index in [0.29, 0.717) is 11.8 Å². The van der Waals surface area contributed by atoms with Crippen molar-refractivity contribution in [3.63, 3.8) is 0 Å². The van der Waals surface area contributed by atoms with Crippen LogP contribution in [0, 0.1) is 0 Å². The quantitative estimate of drug-likeness (QED) is 0.373. The summed E-state index contributed by atoms with van der Waals surface area (Å²) < 4.78 is 0. The Morgan fingerprint density at radius 3 is 2.26 bits per heavy atom. The van der Waals surface area contributed by atoms with E-state index in [2.05, 4.69) is 16.0 Å². The van der Waals surface area contributed by atoms with Crippen LogP contribution in [0.25, 0.3) is 0 Å². The lowest BCUT2D eigenvalue weighted by Crippen LogP contribution is -2.56. The summed E-state index contributed by atoms with van der Waals surface area (Å²) in [5.41, 5.74) is 0.295. The van der Waals surface area contributed by atoms with Gasteiger partial charge in [-0.1, -0.05) is 43.4 Å². The van der Waals surface area contributed by atoms with Crippen molar-refractivity contribution < 1.29 is 19.2 Å². The summed E-state index contributed by atoms with van der Waals surface area (Å²) in [6, 6.07) is 6.85. The average molecular weight is 428 g/mol. The molecule has 0 bridgehead atoms. The van der Waals surface area contributed by atoms with Crippen LogP contribution in [0.15, 0.2) is 54.1 Å². The molecular weight excluding hydrogens is 394 g/mol. The van der Waals surface area contributed by atoms with Crippen molar-refractivity contribution in [3.05, 3.63) is 59.7 Å². The van der Waals surface area contributed by atoms with Gasteiger partial charge >= 0.3 is 0 Å². The lowest BCUT2D eigenvalue weighted by molar-refractivity contribution is -0.131. The third-order valence-electron chi connectivity index (χ3n) is 4.44.